The fraction of sp³-hybridized carbons (Fsp3) is 0.552. The third-order valence-electron chi connectivity index (χ3n) is 5.82. The van der Waals surface area contributed by atoms with E-state index in [2.05, 4.69) is 50.5 Å². The van der Waals surface area contributed by atoms with Gasteiger partial charge in [0.15, 0.2) is 0 Å². The highest BCUT2D eigenvalue weighted by Gasteiger charge is 2.08. The molecule has 0 radical (unpaired) electrons. The summed E-state index contributed by atoms with van der Waals surface area (Å²) in [7, 11) is 0. The number of hydrogen-bond donors (Lipinski definition) is 2. The van der Waals surface area contributed by atoms with Crippen molar-refractivity contribution in [2.45, 2.75) is 85.0 Å². The molecule has 5 heteroatoms. The summed E-state index contributed by atoms with van der Waals surface area (Å²) in [6.07, 6.45) is 10.3. The second-order valence-electron chi connectivity index (χ2n) is 9.27. The zero-order valence-electron chi connectivity index (χ0n) is 21.6. The number of ether oxygens (including phenoxy) is 2. The molecule has 0 saturated heterocycles. The predicted octanol–water partition coefficient (Wildman–Crippen LogP) is 7.84. The smallest absolute Gasteiger partial charge is 0.319 e. The van der Waals surface area contributed by atoms with Gasteiger partial charge in [-0.05, 0) is 60.7 Å². The average molecular weight is 469 g/mol. The van der Waals surface area contributed by atoms with Crippen LogP contribution in [0, 0.1) is 6.92 Å². The summed E-state index contributed by atoms with van der Waals surface area (Å²) < 4.78 is 11.7. The summed E-state index contributed by atoms with van der Waals surface area (Å²) in [5, 5.41) is 5.69. The van der Waals surface area contributed by atoms with Crippen LogP contribution in [0.5, 0.6) is 11.5 Å². The monoisotopic (exact) mass is 468 g/mol. The minimum Gasteiger partial charge on any atom is -0.494 e. The lowest BCUT2D eigenvalue weighted by Gasteiger charge is -2.15. The minimum atomic E-state index is -0.246. The van der Waals surface area contributed by atoms with E-state index in [0.717, 1.165) is 35.8 Å². The summed E-state index contributed by atoms with van der Waals surface area (Å²) in [5.74, 6) is 2.11. The van der Waals surface area contributed by atoms with Crippen LogP contribution in [0.15, 0.2) is 42.5 Å². The van der Waals surface area contributed by atoms with E-state index in [4.69, 9.17) is 9.47 Å². The molecule has 0 aliphatic carbocycles. The van der Waals surface area contributed by atoms with Crippen molar-refractivity contribution >= 4 is 11.7 Å². The van der Waals surface area contributed by atoms with Gasteiger partial charge in [0.25, 0.3) is 0 Å². The molecular weight excluding hydrogens is 424 g/mol. The normalized spacial score (nSPS) is 10.9. The molecule has 0 aliphatic heterocycles. The Bertz CT molecular complexity index is 834. The molecule has 0 aromatic heterocycles. The predicted molar refractivity (Wildman–Crippen MR) is 142 cm³/mol. The van der Waals surface area contributed by atoms with E-state index in [1.54, 1.807) is 0 Å². The maximum absolute atomic E-state index is 12.2. The largest absolute Gasteiger partial charge is 0.494 e. The number of hydrogen-bond acceptors (Lipinski definition) is 3. The van der Waals surface area contributed by atoms with Crippen molar-refractivity contribution in [3.63, 3.8) is 0 Å². The van der Waals surface area contributed by atoms with Crippen LogP contribution >= 0.6 is 0 Å². The van der Waals surface area contributed by atoms with E-state index in [0.29, 0.717) is 19.1 Å². The van der Waals surface area contributed by atoms with Crippen molar-refractivity contribution in [2.24, 2.45) is 0 Å². The number of anilines is 1. The van der Waals surface area contributed by atoms with Gasteiger partial charge in [-0.1, -0.05) is 77.8 Å². The number of urea groups is 1. The summed E-state index contributed by atoms with van der Waals surface area (Å²) >= 11 is 0. The number of aryl methyl sites for hydroxylation is 1. The van der Waals surface area contributed by atoms with Gasteiger partial charge < -0.3 is 20.1 Å². The third-order valence-corrected chi connectivity index (χ3v) is 5.82. The lowest BCUT2D eigenvalue weighted by molar-refractivity contribution is 0.247. The molecule has 0 aliphatic rings. The highest BCUT2D eigenvalue weighted by atomic mass is 16.5. The molecule has 2 aromatic carbocycles. The fourth-order valence-corrected chi connectivity index (χ4v) is 3.80. The Morgan fingerprint density at radius 1 is 0.853 bits per heavy atom. The molecule has 2 rings (SSSR count). The molecule has 0 bridgehead atoms. The van der Waals surface area contributed by atoms with E-state index >= 15 is 0 Å². The van der Waals surface area contributed by atoms with Gasteiger partial charge in [0.2, 0.25) is 0 Å². The van der Waals surface area contributed by atoms with Crippen molar-refractivity contribution in [2.75, 3.05) is 25.1 Å². The summed E-state index contributed by atoms with van der Waals surface area (Å²) in [6, 6.07) is 13.5. The van der Waals surface area contributed by atoms with Crippen molar-refractivity contribution in [1.82, 2.24) is 5.32 Å². The van der Waals surface area contributed by atoms with Crippen LogP contribution in [0.1, 0.15) is 89.2 Å². The van der Waals surface area contributed by atoms with Crippen LogP contribution in [0.2, 0.25) is 0 Å². The molecule has 188 valence electrons. The van der Waals surface area contributed by atoms with Gasteiger partial charge in [-0.3, -0.25) is 0 Å². The Balaban J connectivity index is 1.60. The lowest BCUT2D eigenvalue weighted by atomic mass is 10.0. The topological polar surface area (TPSA) is 59.6 Å². The summed E-state index contributed by atoms with van der Waals surface area (Å²) in [4.78, 5) is 12.2. The van der Waals surface area contributed by atoms with Gasteiger partial charge in [-0.2, -0.15) is 0 Å². The maximum Gasteiger partial charge on any atom is 0.319 e. The molecule has 0 spiro atoms. The van der Waals surface area contributed by atoms with E-state index in [1.807, 2.05) is 30.3 Å². The average Bonchev–Trinajstić information content (AvgIpc) is 2.81. The number of benzene rings is 2. The van der Waals surface area contributed by atoms with Crippen molar-refractivity contribution in [3.8, 4) is 11.5 Å². The van der Waals surface area contributed by atoms with Gasteiger partial charge in [-0.15, -0.1) is 0 Å². The van der Waals surface area contributed by atoms with Crippen molar-refractivity contribution in [3.05, 3.63) is 53.6 Å². The Hall–Kier alpha value is -2.69. The molecule has 5 nitrogen and oxygen atoms in total. The number of carbonyl (C=O) groups excluding carboxylic acids is 1. The first kappa shape index (κ1) is 27.6. The number of nitrogens with one attached hydrogen (secondary N) is 2. The van der Waals surface area contributed by atoms with E-state index in [1.165, 1.54) is 50.5 Å². The van der Waals surface area contributed by atoms with E-state index < -0.39 is 0 Å². The molecule has 2 N–H and O–H groups in total. The van der Waals surface area contributed by atoms with Crippen LogP contribution in [-0.4, -0.2) is 25.8 Å². The summed E-state index contributed by atoms with van der Waals surface area (Å²) in [6.45, 7) is 10.2. The molecule has 0 fully saturated rings. The van der Waals surface area contributed by atoms with E-state index in [9.17, 15) is 4.79 Å². The van der Waals surface area contributed by atoms with Crippen LogP contribution in [0.25, 0.3) is 0 Å². The van der Waals surface area contributed by atoms with Gasteiger partial charge in [0, 0.05) is 5.69 Å². The second-order valence-corrected chi connectivity index (χ2v) is 9.27. The SMILES string of the molecule is CCCCCCCCCCOc1ccc(NC(=O)NCCOc2cc(C)ccc2C(C)C)cc1. The van der Waals surface area contributed by atoms with Crippen LogP contribution in [0.3, 0.4) is 0 Å². The molecule has 0 atom stereocenters. The van der Waals surface area contributed by atoms with Crippen LogP contribution in [-0.2, 0) is 0 Å². The Morgan fingerprint density at radius 3 is 2.21 bits per heavy atom. The standard InChI is InChI=1S/C29H44N2O3/c1-5-6-7-8-9-10-11-12-20-33-26-16-14-25(15-17-26)31-29(32)30-19-21-34-28-22-24(4)13-18-27(28)23(2)3/h13-18,22-23H,5-12,19-21H2,1-4H3,(H2,30,31,32). The molecular formula is C29H44N2O3. The van der Waals surface area contributed by atoms with Crippen molar-refractivity contribution < 1.29 is 14.3 Å². The molecule has 0 saturated carbocycles. The number of unbranched alkanes of at least 4 members (excludes halogenated alkanes) is 7. The highest BCUT2D eigenvalue weighted by molar-refractivity contribution is 5.89. The number of carbonyl (C=O) groups is 1. The second kappa shape index (κ2) is 16.0. The Labute approximate surface area is 206 Å². The fourth-order valence-electron chi connectivity index (χ4n) is 3.80. The third kappa shape index (κ3) is 11.0. The highest BCUT2D eigenvalue weighted by Crippen LogP contribution is 2.27. The first-order valence-electron chi connectivity index (χ1n) is 13.0. The Morgan fingerprint density at radius 2 is 1.53 bits per heavy atom. The molecule has 2 aromatic rings. The molecule has 2 amide bonds. The molecule has 34 heavy (non-hydrogen) atoms. The van der Waals surface area contributed by atoms with Gasteiger partial charge >= 0.3 is 6.03 Å². The quantitative estimate of drug-likeness (QED) is 0.247. The van der Waals surface area contributed by atoms with Crippen molar-refractivity contribution in [1.29, 1.82) is 0 Å². The molecule has 0 unspecified atom stereocenters. The lowest BCUT2D eigenvalue weighted by Crippen LogP contribution is -2.32. The maximum atomic E-state index is 12.2. The van der Waals surface area contributed by atoms with Gasteiger partial charge in [-0.25, -0.2) is 4.79 Å². The van der Waals surface area contributed by atoms with Crippen LogP contribution in [0.4, 0.5) is 10.5 Å². The minimum absolute atomic E-state index is 0.246. The summed E-state index contributed by atoms with van der Waals surface area (Å²) in [5.41, 5.74) is 3.08. The number of amides is 2. The zero-order valence-corrected chi connectivity index (χ0v) is 21.6. The number of rotatable bonds is 16. The zero-order chi connectivity index (χ0) is 24.6. The Kier molecular flexibility index (Phi) is 13.0. The van der Waals surface area contributed by atoms with E-state index in [-0.39, 0.29) is 6.03 Å². The first-order valence-corrected chi connectivity index (χ1v) is 13.0. The van der Waals surface area contributed by atoms with Gasteiger partial charge in [0.1, 0.15) is 18.1 Å². The first-order chi connectivity index (χ1) is 16.5. The van der Waals surface area contributed by atoms with Crippen LogP contribution < -0.4 is 20.1 Å². The van der Waals surface area contributed by atoms with Gasteiger partial charge in [0.05, 0.1) is 13.2 Å². The molecule has 0 heterocycles.